The summed E-state index contributed by atoms with van der Waals surface area (Å²) in [5.74, 6) is 0.331. The second kappa shape index (κ2) is 10.2. The van der Waals surface area contributed by atoms with Gasteiger partial charge in [-0.3, -0.25) is 4.79 Å². The van der Waals surface area contributed by atoms with Crippen molar-refractivity contribution in [3.05, 3.63) is 95.1 Å². The zero-order valence-electron chi connectivity index (χ0n) is 19.3. The van der Waals surface area contributed by atoms with Crippen molar-refractivity contribution in [3.63, 3.8) is 0 Å². The first-order chi connectivity index (χ1) is 17.5. The van der Waals surface area contributed by atoms with E-state index in [1.807, 2.05) is 0 Å². The highest BCUT2D eigenvalue weighted by atomic mass is 19.3. The van der Waals surface area contributed by atoms with Crippen LogP contribution < -0.4 is 14.2 Å². The molecule has 0 N–H and O–H groups in total. The first-order valence-electron chi connectivity index (χ1n) is 11.7. The molecule has 0 aromatic heterocycles. The van der Waals surface area contributed by atoms with E-state index >= 15 is 0 Å². The van der Waals surface area contributed by atoms with E-state index in [-0.39, 0.29) is 17.3 Å². The zero-order chi connectivity index (χ0) is 25.1. The monoisotopic (exact) mass is 487 g/mol. The number of Topliss-reactive ketones (excluding diaryl/α,β-unsaturated/α-hetero) is 1. The Morgan fingerprint density at radius 2 is 1.83 bits per heavy atom. The van der Waals surface area contributed by atoms with Gasteiger partial charge in [-0.25, -0.2) is 0 Å². The Morgan fingerprint density at radius 1 is 1.06 bits per heavy atom. The highest BCUT2D eigenvalue weighted by Crippen LogP contribution is 2.39. The van der Waals surface area contributed by atoms with Gasteiger partial charge in [-0.05, 0) is 60.7 Å². The standard InChI is InChI=1S/C29H23F2NO4/c30-29(31)36-25-7-3-4-21(28(25)34-17-19-8-9-19)14-15-24-26(20-12-10-18(16-32)11-13-20)27(33)22-5-1-2-6-23(22)35-24/h1-7,10-15,19,24,26,29H,8-9,17H2/b15-14+. The minimum atomic E-state index is -2.98. The molecule has 1 saturated carbocycles. The molecule has 0 bridgehead atoms. The van der Waals surface area contributed by atoms with Crippen molar-refractivity contribution in [1.29, 1.82) is 5.26 Å². The van der Waals surface area contributed by atoms with Crippen LogP contribution in [-0.4, -0.2) is 25.1 Å². The summed E-state index contributed by atoms with van der Waals surface area (Å²) in [6.45, 7) is -2.56. The Labute approximate surface area is 207 Å². The highest BCUT2D eigenvalue weighted by Gasteiger charge is 2.37. The number of para-hydroxylation sites is 2. The number of hydrogen-bond donors (Lipinski definition) is 0. The third-order valence-electron chi connectivity index (χ3n) is 6.28. The molecular formula is C29H23F2NO4. The number of carbonyl (C=O) groups excluding carboxylic acids is 1. The van der Waals surface area contributed by atoms with E-state index in [1.54, 1.807) is 72.8 Å². The van der Waals surface area contributed by atoms with E-state index in [9.17, 15) is 13.6 Å². The lowest BCUT2D eigenvalue weighted by molar-refractivity contribution is -0.0515. The summed E-state index contributed by atoms with van der Waals surface area (Å²) >= 11 is 0. The molecule has 36 heavy (non-hydrogen) atoms. The number of rotatable bonds is 8. The van der Waals surface area contributed by atoms with Crippen LogP contribution in [0.4, 0.5) is 8.78 Å². The molecule has 1 fully saturated rings. The van der Waals surface area contributed by atoms with Gasteiger partial charge in [0, 0.05) is 5.56 Å². The Hall–Kier alpha value is -4.18. The zero-order valence-corrected chi connectivity index (χ0v) is 19.3. The van der Waals surface area contributed by atoms with Crippen LogP contribution in [0.1, 0.15) is 45.8 Å². The number of alkyl halides is 2. The Kier molecular flexibility index (Phi) is 6.68. The molecule has 2 unspecified atom stereocenters. The van der Waals surface area contributed by atoms with Crippen molar-refractivity contribution in [1.82, 2.24) is 0 Å². The number of nitrogens with zero attached hydrogens (tertiary/aromatic N) is 1. The molecule has 182 valence electrons. The molecule has 0 radical (unpaired) electrons. The fraction of sp³-hybridized carbons (Fsp3) is 0.241. The quantitative estimate of drug-likeness (QED) is 0.368. The first-order valence-corrected chi connectivity index (χ1v) is 11.7. The predicted octanol–water partition coefficient (Wildman–Crippen LogP) is 6.39. The molecule has 5 rings (SSSR count). The van der Waals surface area contributed by atoms with Gasteiger partial charge in [0.25, 0.3) is 0 Å². The average molecular weight is 488 g/mol. The summed E-state index contributed by atoms with van der Waals surface area (Å²) in [6, 6.07) is 20.8. The molecule has 5 nitrogen and oxygen atoms in total. The van der Waals surface area contributed by atoms with Crippen LogP contribution in [0, 0.1) is 17.2 Å². The Bertz CT molecular complexity index is 1330. The van der Waals surface area contributed by atoms with Gasteiger partial charge in [-0.2, -0.15) is 14.0 Å². The maximum atomic E-state index is 13.5. The fourth-order valence-corrected chi connectivity index (χ4v) is 4.25. The van der Waals surface area contributed by atoms with Crippen molar-refractivity contribution in [2.45, 2.75) is 31.5 Å². The van der Waals surface area contributed by atoms with E-state index in [2.05, 4.69) is 6.07 Å². The molecule has 3 aromatic rings. The second-order valence-electron chi connectivity index (χ2n) is 8.82. The lowest BCUT2D eigenvalue weighted by Gasteiger charge is -2.31. The molecular weight excluding hydrogens is 464 g/mol. The Morgan fingerprint density at radius 3 is 2.56 bits per heavy atom. The molecule has 0 amide bonds. The smallest absolute Gasteiger partial charge is 0.387 e. The minimum Gasteiger partial charge on any atom is -0.489 e. The van der Waals surface area contributed by atoms with E-state index in [0.717, 1.165) is 12.8 Å². The number of benzene rings is 3. The number of ether oxygens (including phenoxy) is 3. The van der Waals surface area contributed by atoms with E-state index in [1.165, 1.54) is 6.07 Å². The van der Waals surface area contributed by atoms with Gasteiger partial charge in [0.05, 0.1) is 29.7 Å². The number of hydrogen-bond acceptors (Lipinski definition) is 5. The average Bonchev–Trinajstić information content (AvgIpc) is 3.71. The van der Waals surface area contributed by atoms with Crippen molar-refractivity contribution >= 4 is 11.9 Å². The minimum absolute atomic E-state index is 0.0394. The molecule has 1 heterocycles. The summed E-state index contributed by atoms with van der Waals surface area (Å²) in [5.41, 5.74) is 2.23. The number of fused-ring (bicyclic) bond motifs is 1. The van der Waals surface area contributed by atoms with E-state index in [0.29, 0.717) is 40.5 Å². The molecule has 0 spiro atoms. The van der Waals surface area contributed by atoms with Gasteiger partial charge < -0.3 is 14.2 Å². The number of nitriles is 1. The van der Waals surface area contributed by atoms with Crippen LogP contribution in [0.15, 0.2) is 72.8 Å². The first kappa shape index (κ1) is 23.6. The van der Waals surface area contributed by atoms with Crippen LogP contribution in [0.25, 0.3) is 6.08 Å². The van der Waals surface area contributed by atoms with Gasteiger partial charge >= 0.3 is 6.61 Å². The SMILES string of the molecule is N#Cc1ccc(C2C(=O)c3ccccc3OC2/C=C/c2cccc(OC(F)F)c2OCC2CC2)cc1. The largest absolute Gasteiger partial charge is 0.489 e. The van der Waals surface area contributed by atoms with Crippen molar-refractivity contribution < 1.29 is 27.8 Å². The summed E-state index contributed by atoms with van der Waals surface area (Å²) in [6.07, 6.45) is 4.88. The van der Waals surface area contributed by atoms with Crippen LogP contribution in [0.2, 0.25) is 0 Å². The van der Waals surface area contributed by atoms with Crippen LogP contribution in [-0.2, 0) is 0 Å². The molecule has 3 aromatic carbocycles. The molecule has 2 aliphatic rings. The molecule has 7 heteroatoms. The predicted molar refractivity (Wildman–Crippen MR) is 129 cm³/mol. The summed E-state index contributed by atoms with van der Waals surface area (Å²) in [5, 5.41) is 9.15. The summed E-state index contributed by atoms with van der Waals surface area (Å²) < 4.78 is 42.9. The lowest BCUT2D eigenvalue weighted by Crippen LogP contribution is -2.34. The lowest BCUT2D eigenvalue weighted by atomic mass is 9.83. The topological polar surface area (TPSA) is 68.6 Å². The Balaban J connectivity index is 1.50. The van der Waals surface area contributed by atoms with Gasteiger partial charge in [0.2, 0.25) is 0 Å². The van der Waals surface area contributed by atoms with Gasteiger partial charge in [-0.15, -0.1) is 0 Å². The van der Waals surface area contributed by atoms with Crippen molar-refractivity contribution in [2.24, 2.45) is 5.92 Å². The van der Waals surface area contributed by atoms with E-state index < -0.39 is 18.6 Å². The van der Waals surface area contributed by atoms with Crippen molar-refractivity contribution in [3.8, 4) is 23.3 Å². The fourth-order valence-electron chi connectivity index (χ4n) is 4.25. The third-order valence-corrected chi connectivity index (χ3v) is 6.28. The summed E-state index contributed by atoms with van der Waals surface area (Å²) in [7, 11) is 0. The third kappa shape index (κ3) is 5.08. The molecule has 2 atom stereocenters. The van der Waals surface area contributed by atoms with Crippen LogP contribution in [0.5, 0.6) is 17.2 Å². The number of ketones is 1. The second-order valence-corrected chi connectivity index (χ2v) is 8.82. The van der Waals surface area contributed by atoms with Crippen LogP contribution >= 0.6 is 0 Å². The maximum Gasteiger partial charge on any atom is 0.387 e. The molecule has 0 saturated heterocycles. The van der Waals surface area contributed by atoms with Gasteiger partial charge in [0.15, 0.2) is 17.3 Å². The van der Waals surface area contributed by atoms with Gasteiger partial charge in [0.1, 0.15) is 11.9 Å². The van der Waals surface area contributed by atoms with E-state index in [4.69, 9.17) is 19.5 Å². The van der Waals surface area contributed by atoms with Gasteiger partial charge in [-0.1, -0.05) is 42.5 Å². The molecule has 1 aliphatic carbocycles. The normalized spacial score (nSPS) is 19.0. The number of halogens is 2. The highest BCUT2D eigenvalue weighted by molar-refractivity contribution is 6.04. The maximum absolute atomic E-state index is 13.5. The molecule has 1 aliphatic heterocycles. The van der Waals surface area contributed by atoms with Crippen LogP contribution in [0.3, 0.4) is 0 Å². The summed E-state index contributed by atoms with van der Waals surface area (Å²) in [4.78, 5) is 13.5. The number of carbonyl (C=O) groups is 1. The van der Waals surface area contributed by atoms with Crippen molar-refractivity contribution in [2.75, 3.05) is 6.61 Å².